The van der Waals surface area contributed by atoms with E-state index in [2.05, 4.69) is 10.2 Å². The number of aromatic nitrogens is 2. The third-order valence-electron chi connectivity index (χ3n) is 2.79. The van der Waals surface area contributed by atoms with Crippen LogP contribution in [0, 0.1) is 18.6 Å². The van der Waals surface area contributed by atoms with Crippen molar-refractivity contribution in [2.75, 3.05) is 7.11 Å². The summed E-state index contributed by atoms with van der Waals surface area (Å²) >= 11 is 0. The van der Waals surface area contributed by atoms with E-state index in [-0.39, 0.29) is 23.3 Å². The summed E-state index contributed by atoms with van der Waals surface area (Å²) in [5.74, 6) is -1.35. The average molecular weight is 254 g/mol. The van der Waals surface area contributed by atoms with Crippen molar-refractivity contribution >= 4 is 0 Å². The lowest BCUT2D eigenvalue weighted by atomic mass is 10.0. The Morgan fingerprint density at radius 1 is 1.17 bits per heavy atom. The molecule has 96 valence electrons. The SMILES string of the molecule is COc1cc(F)c(Cc2c(C)[nH][nH]c2=O)c(F)c1. The minimum absolute atomic E-state index is 0.105. The Morgan fingerprint density at radius 2 is 1.78 bits per heavy atom. The second kappa shape index (κ2) is 4.64. The predicted octanol–water partition coefficient (Wildman–Crippen LogP) is 1.89. The van der Waals surface area contributed by atoms with Gasteiger partial charge in [0.05, 0.1) is 7.11 Å². The molecule has 2 N–H and O–H groups in total. The van der Waals surface area contributed by atoms with E-state index >= 15 is 0 Å². The van der Waals surface area contributed by atoms with Crippen molar-refractivity contribution in [1.29, 1.82) is 0 Å². The Bertz CT molecular complexity index is 608. The van der Waals surface area contributed by atoms with Gasteiger partial charge in [-0.05, 0) is 6.92 Å². The van der Waals surface area contributed by atoms with Gasteiger partial charge in [-0.3, -0.25) is 9.89 Å². The van der Waals surface area contributed by atoms with Crippen LogP contribution in [0.25, 0.3) is 0 Å². The van der Waals surface area contributed by atoms with E-state index in [9.17, 15) is 13.6 Å². The van der Waals surface area contributed by atoms with Crippen molar-refractivity contribution < 1.29 is 13.5 Å². The van der Waals surface area contributed by atoms with Gasteiger partial charge in [0.1, 0.15) is 17.4 Å². The highest BCUT2D eigenvalue weighted by Gasteiger charge is 2.16. The van der Waals surface area contributed by atoms with Crippen LogP contribution in [0.5, 0.6) is 5.75 Å². The molecule has 0 unspecified atom stereocenters. The van der Waals surface area contributed by atoms with E-state index in [1.54, 1.807) is 6.92 Å². The highest BCUT2D eigenvalue weighted by Crippen LogP contribution is 2.22. The summed E-state index contributed by atoms with van der Waals surface area (Å²) in [6, 6.07) is 2.18. The Labute approximate surface area is 102 Å². The van der Waals surface area contributed by atoms with Crippen LogP contribution in [0.15, 0.2) is 16.9 Å². The number of benzene rings is 1. The topological polar surface area (TPSA) is 57.9 Å². The van der Waals surface area contributed by atoms with Crippen molar-refractivity contribution in [3.8, 4) is 5.75 Å². The lowest BCUT2D eigenvalue weighted by molar-refractivity contribution is 0.405. The number of methoxy groups -OCH3 is 1. The number of halogens is 2. The highest BCUT2D eigenvalue weighted by molar-refractivity contribution is 5.34. The summed E-state index contributed by atoms with van der Waals surface area (Å²) in [6.45, 7) is 1.66. The second-order valence-corrected chi connectivity index (χ2v) is 3.93. The van der Waals surface area contributed by atoms with Crippen molar-refractivity contribution in [1.82, 2.24) is 10.2 Å². The van der Waals surface area contributed by atoms with Gasteiger partial charge in [-0.2, -0.15) is 0 Å². The molecule has 0 bridgehead atoms. The van der Waals surface area contributed by atoms with Crippen LogP contribution >= 0.6 is 0 Å². The molecule has 1 heterocycles. The minimum atomic E-state index is -0.730. The maximum atomic E-state index is 13.7. The van der Waals surface area contributed by atoms with Gasteiger partial charge in [0.15, 0.2) is 0 Å². The number of hydrogen-bond acceptors (Lipinski definition) is 2. The molecule has 1 aromatic heterocycles. The van der Waals surface area contributed by atoms with Crippen LogP contribution in [0.2, 0.25) is 0 Å². The van der Waals surface area contributed by atoms with Crippen LogP contribution in [-0.2, 0) is 6.42 Å². The van der Waals surface area contributed by atoms with Gasteiger partial charge in [0.25, 0.3) is 5.56 Å². The van der Waals surface area contributed by atoms with E-state index < -0.39 is 11.6 Å². The number of aryl methyl sites for hydroxylation is 1. The molecule has 6 heteroatoms. The molecule has 0 amide bonds. The van der Waals surface area contributed by atoms with Crippen LogP contribution in [-0.4, -0.2) is 17.3 Å². The van der Waals surface area contributed by atoms with Gasteiger partial charge in [-0.25, -0.2) is 8.78 Å². The second-order valence-electron chi connectivity index (χ2n) is 3.93. The summed E-state index contributed by atoms with van der Waals surface area (Å²) in [4.78, 5) is 11.4. The predicted molar refractivity (Wildman–Crippen MR) is 61.9 cm³/mol. The molecule has 2 aromatic rings. The van der Waals surface area contributed by atoms with Gasteiger partial charge >= 0.3 is 0 Å². The molecule has 0 fully saturated rings. The quantitative estimate of drug-likeness (QED) is 0.878. The zero-order chi connectivity index (χ0) is 13.3. The molecule has 18 heavy (non-hydrogen) atoms. The van der Waals surface area contributed by atoms with Crippen LogP contribution in [0.4, 0.5) is 8.78 Å². The van der Waals surface area contributed by atoms with E-state index in [1.807, 2.05) is 0 Å². The number of rotatable bonds is 3. The van der Waals surface area contributed by atoms with Crippen molar-refractivity contribution in [2.24, 2.45) is 0 Å². The third-order valence-corrected chi connectivity index (χ3v) is 2.79. The summed E-state index contributed by atoms with van der Waals surface area (Å²) in [5, 5.41) is 4.98. The van der Waals surface area contributed by atoms with Gasteiger partial charge in [0.2, 0.25) is 0 Å². The van der Waals surface area contributed by atoms with Gasteiger partial charge in [-0.1, -0.05) is 0 Å². The Morgan fingerprint density at radius 3 is 2.22 bits per heavy atom. The Balaban J connectivity index is 2.44. The zero-order valence-electron chi connectivity index (χ0n) is 9.93. The monoisotopic (exact) mass is 254 g/mol. The zero-order valence-corrected chi connectivity index (χ0v) is 9.93. The summed E-state index contributed by atoms with van der Waals surface area (Å²) < 4.78 is 32.2. The first-order valence-electron chi connectivity index (χ1n) is 5.31. The fourth-order valence-electron chi connectivity index (χ4n) is 1.73. The fourth-order valence-corrected chi connectivity index (χ4v) is 1.73. The molecule has 2 rings (SSSR count). The minimum Gasteiger partial charge on any atom is -0.497 e. The molecular formula is C12H12F2N2O2. The largest absolute Gasteiger partial charge is 0.497 e. The maximum absolute atomic E-state index is 13.7. The lowest BCUT2D eigenvalue weighted by Gasteiger charge is -2.06. The fraction of sp³-hybridized carbons (Fsp3) is 0.250. The normalized spacial score (nSPS) is 10.7. The molecular weight excluding hydrogens is 242 g/mol. The Kier molecular flexibility index (Phi) is 3.18. The number of H-pyrrole nitrogens is 2. The molecule has 1 aromatic carbocycles. The highest BCUT2D eigenvalue weighted by atomic mass is 19.1. The first kappa shape index (κ1) is 12.3. The summed E-state index contributed by atoms with van der Waals surface area (Å²) in [7, 11) is 1.33. The first-order valence-corrected chi connectivity index (χ1v) is 5.31. The maximum Gasteiger partial charge on any atom is 0.267 e. The van der Waals surface area contributed by atoms with Crippen LogP contribution in [0.1, 0.15) is 16.8 Å². The van der Waals surface area contributed by atoms with E-state index in [0.29, 0.717) is 11.3 Å². The standard InChI is InChI=1S/C12H12F2N2O2/c1-6-8(12(17)16-15-6)5-9-10(13)3-7(18-2)4-11(9)14/h3-4H,5H2,1-2H3,(H2,15,16,17). The third kappa shape index (κ3) is 2.13. The van der Waals surface area contributed by atoms with E-state index in [4.69, 9.17) is 4.74 Å². The molecule has 0 aliphatic heterocycles. The summed E-state index contributed by atoms with van der Waals surface area (Å²) in [5.41, 5.74) is 0.360. The molecule has 0 aliphatic rings. The molecule has 0 saturated carbocycles. The first-order chi connectivity index (χ1) is 8.52. The molecule has 0 radical (unpaired) electrons. The smallest absolute Gasteiger partial charge is 0.267 e. The van der Waals surface area contributed by atoms with Crippen molar-refractivity contribution in [3.05, 3.63) is 50.9 Å². The molecule has 0 saturated heterocycles. The van der Waals surface area contributed by atoms with Gasteiger partial charge in [-0.15, -0.1) is 0 Å². The van der Waals surface area contributed by atoms with Crippen molar-refractivity contribution in [3.63, 3.8) is 0 Å². The van der Waals surface area contributed by atoms with E-state index in [1.165, 1.54) is 7.11 Å². The summed E-state index contributed by atoms with van der Waals surface area (Å²) in [6.07, 6.45) is -0.105. The van der Waals surface area contributed by atoms with E-state index in [0.717, 1.165) is 12.1 Å². The number of hydrogen-bond donors (Lipinski definition) is 2. The van der Waals surface area contributed by atoms with Gasteiger partial charge < -0.3 is 9.84 Å². The molecule has 0 aliphatic carbocycles. The number of aromatic amines is 2. The van der Waals surface area contributed by atoms with Gasteiger partial charge in [0, 0.05) is 35.4 Å². The molecule has 4 nitrogen and oxygen atoms in total. The van der Waals surface area contributed by atoms with Crippen LogP contribution in [0.3, 0.4) is 0 Å². The molecule has 0 atom stereocenters. The van der Waals surface area contributed by atoms with Crippen LogP contribution < -0.4 is 10.3 Å². The Hall–Kier alpha value is -2.11. The number of ether oxygens (including phenoxy) is 1. The molecule has 0 spiro atoms. The lowest BCUT2D eigenvalue weighted by Crippen LogP contribution is -2.09. The van der Waals surface area contributed by atoms with Crippen molar-refractivity contribution in [2.45, 2.75) is 13.3 Å². The average Bonchev–Trinajstić information content (AvgIpc) is 2.64. The number of nitrogens with one attached hydrogen (secondary N) is 2.